The Morgan fingerprint density at radius 2 is 1.71 bits per heavy atom. The first kappa shape index (κ1) is 36.5. The van der Waals surface area contributed by atoms with Crippen LogP contribution in [0.2, 0.25) is 0 Å². The van der Waals surface area contributed by atoms with E-state index in [9.17, 15) is 32.4 Å². The molecule has 4 N–H and O–H groups in total. The van der Waals surface area contributed by atoms with Crippen molar-refractivity contribution in [2.24, 2.45) is 16.7 Å². The van der Waals surface area contributed by atoms with Gasteiger partial charge in [-0.1, -0.05) is 66.9 Å². The quantitative estimate of drug-likeness (QED) is 0.202. The normalized spacial score (nSPS) is 26.2. The highest BCUT2D eigenvalue weighted by Crippen LogP contribution is 2.40. The van der Waals surface area contributed by atoms with Crippen LogP contribution in [0.3, 0.4) is 0 Å². The molecule has 14 heteroatoms. The molecular weight excluding hydrogens is 602 g/mol. The lowest BCUT2D eigenvalue weighted by Gasteiger charge is -2.48. The minimum absolute atomic E-state index is 0.00138. The number of hydrogen-bond donors (Lipinski definition) is 4. The van der Waals surface area contributed by atoms with Gasteiger partial charge in [0.1, 0.15) is 12.1 Å². The van der Waals surface area contributed by atoms with Gasteiger partial charge in [-0.05, 0) is 36.0 Å². The van der Waals surface area contributed by atoms with Crippen LogP contribution in [-0.2, 0) is 33.8 Å². The van der Waals surface area contributed by atoms with Crippen molar-refractivity contribution in [3.8, 4) is 0 Å². The second-order valence-electron chi connectivity index (χ2n) is 14.4. The minimum atomic E-state index is -3.57. The Kier molecular flexibility index (Phi) is 11.5. The highest BCUT2D eigenvalue weighted by molar-refractivity contribution is 7.92. The number of hydrogen-bond acceptors (Lipinski definition) is 8. The molecule has 0 aromatic carbocycles. The molecular formula is C31H51N5O8S. The summed E-state index contributed by atoms with van der Waals surface area (Å²) in [7, 11) is -3.57. The fraction of sp³-hybridized carbons (Fsp3) is 0.774. The van der Waals surface area contributed by atoms with E-state index in [1.807, 2.05) is 20.8 Å². The number of sulfone groups is 1. The van der Waals surface area contributed by atoms with Crippen molar-refractivity contribution in [2.75, 3.05) is 32.0 Å². The topological polar surface area (TPSA) is 180 Å². The van der Waals surface area contributed by atoms with Crippen molar-refractivity contribution in [3.05, 3.63) is 12.7 Å². The van der Waals surface area contributed by atoms with E-state index in [1.54, 1.807) is 20.8 Å². The summed E-state index contributed by atoms with van der Waals surface area (Å²) in [6, 6.07) is -2.71. The fourth-order valence-electron chi connectivity index (χ4n) is 6.38. The van der Waals surface area contributed by atoms with Gasteiger partial charge in [0.25, 0.3) is 5.91 Å². The van der Waals surface area contributed by atoms with Crippen molar-refractivity contribution < 1.29 is 37.1 Å². The molecule has 2 heterocycles. The summed E-state index contributed by atoms with van der Waals surface area (Å²) < 4.78 is 31.4. The van der Waals surface area contributed by atoms with Gasteiger partial charge < -0.3 is 30.9 Å². The Morgan fingerprint density at radius 1 is 1.07 bits per heavy atom. The van der Waals surface area contributed by atoms with Gasteiger partial charge >= 0.3 is 6.03 Å². The molecule has 0 spiro atoms. The predicted molar refractivity (Wildman–Crippen MR) is 169 cm³/mol. The number of Topliss-reactive ketones (excluding diaryl/α,β-unsaturated/α-hetero) is 1. The van der Waals surface area contributed by atoms with Gasteiger partial charge in [0.2, 0.25) is 17.6 Å². The third-order valence-corrected chi connectivity index (χ3v) is 11.5. The number of amides is 5. The molecule has 254 valence electrons. The summed E-state index contributed by atoms with van der Waals surface area (Å²) in [5, 5.41) is 10.6. The van der Waals surface area contributed by atoms with Crippen LogP contribution >= 0.6 is 0 Å². The van der Waals surface area contributed by atoms with Gasteiger partial charge in [-0.3, -0.25) is 19.2 Å². The Balaban J connectivity index is 1.83. The second-order valence-corrected chi connectivity index (χ2v) is 16.6. The molecule has 0 aromatic heterocycles. The Bertz CT molecular complexity index is 1270. The van der Waals surface area contributed by atoms with Crippen LogP contribution in [0.5, 0.6) is 0 Å². The lowest BCUT2D eigenvalue weighted by Crippen LogP contribution is -2.66. The van der Waals surface area contributed by atoms with E-state index in [1.165, 1.54) is 11.0 Å². The third kappa shape index (κ3) is 8.63. The van der Waals surface area contributed by atoms with Gasteiger partial charge in [0, 0.05) is 13.1 Å². The predicted octanol–water partition coefficient (Wildman–Crippen LogP) is 1.43. The zero-order chi connectivity index (χ0) is 33.8. The summed E-state index contributed by atoms with van der Waals surface area (Å²) in [5.74, 6) is -2.84. The molecule has 0 radical (unpaired) electrons. The van der Waals surface area contributed by atoms with E-state index >= 15 is 0 Å². The monoisotopic (exact) mass is 653 g/mol. The molecule has 5 amide bonds. The molecule has 1 unspecified atom stereocenters. The lowest BCUT2D eigenvalue weighted by molar-refractivity contribution is -0.150. The molecule has 1 aliphatic carbocycles. The molecule has 3 fully saturated rings. The van der Waals surface area contributed by atoms with Gasteiger partial charge in [-0.15, -0.1) is 6.58 Å². The molecule has 0 aromatic rings. The minimum Gasteiger partial charge on any atom is -0.359 e. The van der Waals surface area contributed by atoms with Crippen LogP contribution in [0.1, 0.15) is 80.1 Å². The van der Waals surface area contributed by atoms with Crippen molar-refractivity contribution >= 4 is 39.4 Å². The number of likely N-dealkylation sites (tertiary alicyclic amines) is 1. The Labute approximate surface area is 266 Å². The van der Waals surface area contributed by atoms with E-state index in [0.29, 0.717) is 19.3 Å². The number of ether oxygens (including phenoxy) is 1. The average molecular weight is 654 g/mol. The van der Waals surface area contributed by atoms with Gasteiger partial charge in [-0.2, -0.15) is 0 Å². The van der Waals surface area contributed by atoms with E-state index in [-0.39, 0.29) is 36.8 Å². The smallest absolute Gasteiger partial charge is 0.316 e. The summed E-state index contributed by atoms with van der Waals surface area (Å²) in [6.45, 7) is 14.7. The standard InChI is InChI=1S/C31H51N5O8S/c1-8-14-32-25(39)22(37)18-33-24(38)21-17-30(6,7)20(2)19-36(21)26(40)23(29(3,4)5)34-28(41)35-31(12-10-9-11-13-31)27-44-15-16-45(27,42)43/h8,20-21,23,27H,1,9-19H2,2-7H3,(H,32,39)(H,33,38)(H2,34,35,41)/t20?,21-,23+,27+/m0/s1. The highest BCUT2D eigenvalue weighted by Gasteiger charge is 2.52. The van der Waals surface area contributed by atoms with Gasteiger partial charge in [-0.25, -0.2) is 13.2 Å². The summed E-state index contributed by atoms with van der Waals surface area (Å²) in [5.41, 5.74) is -3.38. The molecule has 2 aliphatic heterocycles. The molecule has 3 aliphatic rings. The number of carbonyl (C=O) groups excluding carboxylic acids is 5. The summed E-state index contributed by atoms with van der Waals surface area (Å²) in [6.07, 6.45) is 4.97. The van der Waals surface area contributed by atoms with E-state index < -0.39 is 74.4 Å². The molecule has 1 saturated carbocycles. The maximum Gasteiger partial charge on any atom is 0.316 e. The van der Waals surface area contributed by atoms with Crippen molar-refractivity contribution in [2.45, 2.75) is 103 Å². The number of nitrogens with zero attached hydrogens (tertiary/aromatic N) is 1. The number of nitrogens with one attached hydrogen (secondary N) is 4. The SMILES string of the molecule is C=CCNC(=O)C(=O)CNC(=O)[C@@H]1CC(C)(C)C(C)CN1C(=O)[C@@H](NC(=O)NC1([C@@H]2OCCS2(=O)=O)CCCCC1)C(C)(C)C. The molecule has 4 atom stereocenters. The van der Waals surface area contributed by atoms with Crippen LogP contribution < -0.4 is 21.3 Å². The maximum absolute atomic E-state index is 14.3. The van der Waals surface area contributed by atoms with Crippen molar-refractivity contribution in [3.63, 3.8) is 0 Å². The molecule has 13 nitrogen and oxygen atoms in total. The number of carbonyl (C=O) groups is 5. The maximum atomic E-state index is 14.3. The Morgan fingerprint density at radius 3 is 2.27 bits per heavy atom. The van der Waals surface area contributed by atoms with Gasteiger partial charge in [0.15, 0.2) is 15.3 Å². The first-order chi connectivity index (χ1) is 20.8. The zero-order valence-corrected chi connectivity index (χ0v) is 28.3. The van der Waals surface area contributed by atoms with E-state index in [4.69, 9.17) is 4.74 Å². The molecule has 0 bridgehead atoms. The van der Waals surface area contributed by atoms with Crippen LogP contribution in [-0.4, -0.2) is 97.9 Å². The van der Waals surface area contributed by atoms with Crippen molar-refractivity contribution in [1.82, 2.24) is 26.2 Å². The summed E-state index contributed by atoms with van der Waals surface area (Å²) in [4.78, 5) is 67.1. The number of piperidine rings is 1. The van der Waals surface area contributed by atoms with Crippen molar-refractivity contribution in [1.29, 1.82) is 0 Å². The average Bonchev–Trinajstić information content (AvgIpc) is 3.33. The van der Waals surface area contributed by atoms with Crippen LogP contribution in [0.15, 0.2) is 12.7 Å². The number of ketones is 1. The lowest BCUT2D eigenvalue weighted by atomic mass is 9.71. The van der Waals surface area contributed by atoms with E-state index in [2.05, 4.69) is 27.8 Å². The first-order valence-electron chi connectivity index (χ1n) is 15.8. The third-order valence-electron chi connectivity index (χ3n) is 9.48. The highest BCUT2D eigenvalue weighted by atomic mass is 32.2. The molecule has 3 rings (SSSR count). The molecule has 45 heavy (non-hydrogen) atoms. The van der Waals surface area contributed by atoms with E-state index in [0.717, 1.165) is 19.3 Å². The zero-order valence-electron chi connectivity index (χ0n) is 27.5. The number of urea groups is 1. The van der Waals surface area contributed by atoms with Crippen LogP contribution in [0.4, 0.5) is 4.79 Å². The fourth-order valence-corrected chi connectivity index (χ4v) is 8.21. The second kappa shape index (κ2) is 14.2. The van der Waals surface area contributed by atoms with Crippen LogP contribution in [0.25, 0.3) is 0 Å². The summed E-state index contributed by atoms with van der Waals surface area (Å²) >= 11 is 0. The van der Waals surface area contributed by atoms with Gasteiger partial charge in [0.05, 0.1) is 24.4 Å². The Hall–Kier alpha value is -3.00. The first-order valence-corrected chi connectivity index (χ1v) is 17.5. The molecule has 2 saturated heterocycles. The number of rotatable bonds is 10. The van der Waals surface area contributed by atoms with Crippen LogP contribution in [0, 0.1) is 16.7 Å². The largest absolute Gasteiger partial charge is 0.359 e.